The quantitative estimate of drug-likeness (QED) is 0.839. The molecule has 18 heavy (non-hydrogen) atoms. The molecule has 0 spiro atoms. The molecule has 0 unspecified atom stereocenters. The van der Waals surface area contributed by atoms with E-state index < -0.39 is 0 Å². The highest BCUT2D eigenvalue weighted by molar-refractivity contribution is 5.47. The van der Waals surface area contributed by atoms with Crippen LogP contribution in [0.2, 0.25) is 0 Å². The van der Waals surface area contributed by atoms with Gasteiger partial charge in [-0.25, -0.2) is 0 Å². The predicted molar refractivity (Wildman–Crippen MR) is 70.4 cm³/mol. The molecular formula is C13H18N4O. The first-order valence-corrected chi connectivity index (χ1v) is 5.99. The minimum absolute atomic E-state index is 0.107. The molecule has 0 saturated heterocycles. The number of aliphatic hydroxyl groups excluding tert-OH is 1. The van der Waals surface area contributed by atoms with E-state index in [-0.39, 0.29) is 6.61 Å². The van der Waals surface area contributed by atoms with Gasteiger partial charge in [-0.1, -0.05) is 0 Å². The van der Waals surface area contributed by atoms with Gasteiger partial charge in [-0.2, -0.15) is 5.10 Å². The van der Waals surface area contributed by atoms with Crippen molar-refractivity contribution in [1.82, 2.24) is 14.8 Å². The SMILES string of the molecule is Cc1ccc(NCc2cnn(CCO)c2)c(C)n1. The zero-order valence-electron chi connectivity index (χ0n) is 10.7. The van der Waals surface area contributed by atoms with E-state index in [0.717, 1.165) is 22.6 Å². The molecule has 2 aromatic rings. The molecule has 2 N–H and O–H groups in total. The van der Waals surface area contributed by atoms with Gasteiger partial charge in [-0.05, 0) is 26.0 Å². The van der Waals surface area contributed by atoms with E-state index in [1.54, 1.807) is 10.9 Å². The molecule has 0 radical (unpaired) electrons. The number of nitrogens with zero attached hydrogens (tertiary/aromatic N) is 3. The third-order valence-electron chi connectivity index (χ3n) is 2.72. The Balaban J connectivity index is 1.97. The standard InChI is InChI=1S/C13H18N4O/c1-10-3-4-13(11(2)16-10)14-7-12-8-15-17(9-12)5-6-18/h3-4,8-9,14,18H,5-7H2,1-2H3. The van der Waals surface area contributed by atoms with Crippen molar-refractivity contribution in [2.45, 2.75) is 26.9 Å². The summed E-state index contributed by atoms with van der Waals surface area (Å²) in [6.45, 7) is 5.32. The van der Waals surface area contributed by atoms with Crippen molar-refractivity contribution in [2.24, 2.45) is 0 Å². The second-order valence-corrected chi connectivity index (χ2v) is 4.27. The summed E-state index contributed by atoms with van der Waals surface area (Å²) in [5.41, 5.74) is 4.14. The number of aryl methyl sites for hydroxylation is 2. The van der Waals surface area contributed by atoms with Gasteiger partial charge in [-0.15, -0.1) is 0 Å². The van der Waals surface area contributed by atoms with Crippen LogP contribution in [0.5, 0.6) is 0 Å². The normalized spacial score (nSPS) is 10.6. The van der Waals surface area contributed by atoms with Crippen molar-refractivity contribution in [1.29, 1.82) is 0 Å². The van der Waals surface area contributed by atoms with Gasteiger partial charge < -0.3 is 10.4 Å². The van der Waals surface area contributed by atoms with Gasteiger partial charge in [0.15, 0.2) is 0 Å². The summed E-state index contributed by atoms with van der Waals surface area (Å²) >= 11 is 0. The van der Waals surface area contributed by atoms with Crippen LogP contribution in [0, 0.1) is 13.8 Å². The lowest BCUT2D eigenvalue weighted by Gasteiger charge is -2.08. The largest absolute Gasteiger partial charge is 0.394 e. The zero-order chi connectivity index (χ0) is 13.0. The Morgan fingerprint density at radius 3 is 2.89 bits per heavy atom. The minimum atomic E-state index is 0.107. The van der Waals surface area contributed by atoms with Crippen LogP contribution < -0.4 is 5.32 Å². The molecule has 5 heteroatoms. The summed E-state index contributed by atoms with van der Waals surface area (Å²) < 4.78 is 1.73. The number of aliphatic hydroxyl groups is 1. The molecule has 2 rings (SSSR count). The van der Waals surface area contributed by atoms with Crippen molar-refractivity contribution >= 4 is 5.69 Å². The van der Waals surface area contributed by atoms with Crippen molar-refractivity contribution in [3.05, 3.63) is 41.5 Å². The molecule has 0 aliphatic heterocycles. The molecule has 0 aromatic carbocycles. The molecule has 0 saturated carbocycles. The van der Waals surface area contributed by atoms with E-state index in [0.29, 0.717) is 13.1 Å². The van der Waals surface area contributed by atoms with Gasteiger partial charge in [0, 0.05) is 24.0 Å². The number of hydrogen-bond donors (Lipinski definition) is 2. The maximum absolute atomic E-state index is 8.81. The average molecular weight is 246 g/mol. The second-order valence-electron chi connectivity index (χ2n) is 4.27. The fourth-order valence-electron chi connectivity index (χ4n) is 1.79. The smallest absolute Gasteiger partial charge is 0.0640 e. The Morgan fingerprint density at radius 2 is 2.17 bits per heavy atom. The Kier molecular flexibility index (Phi) is 3.94. The summed E-state index contributed by atoms with van der Waals surface area (Å²) in [7, 11) is 0. The molecule has 0 bridgehead atoms. The molecule has 0 amide bonds. The van der Waals surface area contributed by atoms with Crippen LogP contribution in [0.4, 0.5) is 5.69 Å². The minimum Gasteiger partial charge on any atom is -0.394 e. The fraction of sp³-hybridized carbons (Fsp3) is 0.385. The van der Waals surface area contributed by atoms with Crippen molar-refractivity contribution in [3.63, 3.8) is 0 Å². The van der Waals surface area contributed by atoms with Crippen molar-refractivity contribution in [3.8, 4) is 0 Å². The molecule has 0 aliphatic carbocycles. The van der Waals surface area contributed by atoms with E-state index in [1.807, 2.05) is 32.2 Å². The van der Waals surface area contributed by atoms with Crippen LogP contribution in [0.15, 0.2) is 24.5 Å². The lowest BCUT2D eigenvalue weighted by Crippen LogP contribution is -2.03. The highest BCUT2D eigenvalue weighted by Crippen LogP contribution is 2.13. The summed E-state index contributed by atoms with van der Waals surface area (Å²) in [6.07, 6.45) is 3.74. The third-order valence-corrected chi connectivity index (χ3v) is 2.72. The molecule has 0 fully saturated rings. The van der Waals surface area contributed by atoms with Crippen molar-refractivity contribution < 1.29 is 5.11 Å². The summed E-state index contributed by atoms with van der Waals surface area (Å²) in [6, 6.07) is 4.03. The molecule has 96 valence electrons. The Bertz CT molecular complexity index is 521. The maximum Gasteiger partial charge on any atom is 0.0640 e. The van der Waals surface area contributed by atoms with Gasteiger partial charge in [0.05, 0.1) is 30.7 Å². The summed E-state index contributed by atoms with van der Waals surface area (Å²) in [4.78, 5) is 4.40. The van der Waals surface area contributed by atoms with Crippen LogP contribution in [0.25, 0.3) is 0 Å². The van der Waals surface area contributed by atoms with Crippen LogP contribution in [-0.2, 0) is 13.1 Å². The number of pyridine rings is 1. The predicted octanol–water partition coefficient (Wildman–Crippen LogP) is 1.50. The molecule has 5 nitrogen and oxygen atoms in total. The number of aromatic nitrogens is 3. The van der Waals surface area contributed by atoms with E-state index in [9.17, 15) is 0 Å². The van der Waals surface area contributed by atoms with Crippen LogP contribution >= 0.6 is 0 Å². The van der Waals surface area contributed by atoms with Gasteiger partial charge in [0.1, 0.15) is 0 Å². The van der Waals surface area contributed by atoms with E-state index in [1.165, 1.54) is 0 Å². The van der Waals surface area contributed by atoms with Gasteiger partial charge in [-0.3, -0.25) is 9.67 Å². The first-order valence-electron chi connectivity index (χ1n) is 5.99. The first-order chi connectivity index (χ1) is 8.69. The van der Waals surface area contributed by atoms with E-state index in [4.69, 9.17) is 5.11 Å². The molecule has 2 heterocycles. The maximum atomic E-state index is 8.81. The monoisotopic (exact) mass is 246 g/mol. The number of anilines is 1. The lowest BCUT2D eigenvalue weighted by atomic mass is 10.2. The Labute approximate surface area is 106 Å². The first kappa shape index (κ1) is 12.6. The number of hydrogen-bond acceptors (Lipinski definition) is 4. The molecular weight excluding hydrogens is 228 g/mol. The van der Waals surface area contributed by atoms with Crippen LogP contribution in [0.1, 0.15) is 17.0 Å². The van der Waals surface area contributed by atoms with Crippen LogP contribution in [0.3, 0.4) is 0 Å². The summed E-state index contributed by atoms with van der Waals surface area (Å²) in [5.74, 6) is 0. The van der Waals surface area contributed by atoms with Gasteiger partial charge >= 0.3 is 0 Å². The fourth-order valence-corrected chi connectivity index (χ4v) is 1.79. The molecule has 0 aliphatic rings. The average Bonchev–Trinajstić information content (AvgIpc) is 2.76. The summed E-state index contributed by atoms with van der Waals surface area (Å²) in [5, 5.41) is 16.3. The zero-order valence-corrected chi connectivity index (χ0v) is 10.7. The number of rotatable bonds is 5. The molecule has 0 atom stereocenters. The van der Waals surface area contributed by atoms with Gasteiger partial charge in [0.2, 0.25) is 0 Å². The van der Waals surface area contributed by atoms with Gasteiger partial charge in [0.25, 0.3) is 0 Å². The highest BCUT2D eigenvalue weighted by Gasteiger charge is 2.01. The lowest BCUT2D eigenvalue weighted by molar-refractivity contribution is 0.269. The highest BCUT2D eigenvalue weighted by atomic mass is 16.3. The Morgan fingerprint density at radius 1 is 1.33 bits per heavy atom. The number of nitrogens with one attached hydrogen (secondary N) is 1. The Hall–Kier alpha value is -1.88. The topological polar surface area (TPSA) is 63.0 Å². The second kappa shape index (κ2) is 5.64. The van der Waals surface area contributed by atoms with Crippen molar-refractivity contribution in [2.75, 3.05) is 11.9 Å². The molecule has 2 aromatic heterocycles. The van der Waals surface area contributed by atoms with E-state index >= 15 is 0 Å². The van der Waals surface area contributed by atoms with E-state index in [2.05, 4.69) is 15.4 Å². The third kappa shape index (κ3) is 3.07. The van der Waals surface area contributed by atoms with Crippen LogP contribution in [-0.4, -0.2) is 26.5 Å².